The molecule has 0 bridgehead atoms. The first kappa shape index (κ1) is 8.65. The Kier molecular flexibility index (Phi) is 2.99. The zero-order valence-corrected chi connectivity index (χ0v) is 9.88. The number of hydrogen-bond donors (Lipinski definition) is 0. The van der Waals surface area contributed by atoms with Crippen molar-refractivity contribution in [3.8, 4) is 0 Å². The second-order valence-electron chi connectivity index (χ2n) is 2.22. The van der Waals surface area contributed by atoms with E-state index in [0.717, 1.165) is 0 Å². The van der Waals surface area contributed by atoms with Crippen molar-refractivity contribution in [2.75, 3.05) is 0 Å². The van der Waals surface area contributed by atoms with E-state index >= 15 is 0 Å². The van der Waals surface area contributed by atoms with Gasteiger partial charge in [0.15, 0.2) is 0 Å². The summed E-state index contributed by atoms with van der Waals surface area (Å²) in [5.74, 6) is 0. The zero-order chi connectivity index (χ0) is 6.81. The summed E-state index contributed by atoms with van der Waals surface area (Å²) in [4.78, 5) is 4.01. The van der Waals surface area contributed by atoms with Crippen LogP contribution in [0.4, 0.5) is 0 Å². The molecule has 52 valence electrons. The molecule has 0 N–H and O–H groups in total. The third kappa shape index (κ3) is 1.77. The summed E-state index contributed by atoms with van der Waals surface area (Å²) in [6.45, 7) is 0. The molecule has 2 aromatic rings. The molecule has 1 nitrogen and oxygen atoms in total. The van der Waals surface area contributed by atoms with Gasteiger partial charge in [0.1, 0.15) is 0 Å². The number of benzene rings is 1. The minimum Gasteiger partial charge on any atom is -0.264 e. The Hall–Kier alpha value is -0.448. The van der Waals surface area contributed by atoms with E-state index in [1.807, 2.05) is 30.6 Å². The van der Waals surface area contributed by atoms with E-state index in [4.69, 9.17) is 0 Å². The topological polar surface area (TPSA) is 12.9 Å². The van der Waals surface area contributed by atoms with Gasteiger partial charge in [-0.1, -0.05) is 24.3 Å². The molecule has 0 atom stereocenters. The Bertz CT molecular complexity index is 281. The predicted octanol–water partition coefficient (Wildman–Crippen LogP) is 1.85. The molecule has 0 unspecified atom stereocenters. The molecule has 0 aliphatic rings. The van der Waals surface area contributed by atoms with Crippen LogP contribution < -0.4 is 0 Å². The number of hydrogen-bond acceptors (Lipinski definition) is 1. The third-order valence-electron chi connectivity index (χ3n) is 1.55. The third-order valence-corrected chi connectivity index (χ3v) is 1.55. The molecular weight excluding hydrogens is 329 g/mol. The summed E-state index contributed by atoms with van der Waals surface area (Å²) >= 11 is 0. The van der Waals surface area contributed by atoms with Crippen molar-refractivity contribution in [2.24, 2.45) is 0 Å². The SMILES string of the molecule is [Pb].c1ccc2cnccc2c1. The molecule has 0 saturated heterocycles. The number of rotatable bonds is 0. The fourth-order valence-electron chi connectivity index (χ4n) is 1.03. The van der Waals surface area contributed by atoms with E-state index in [-0.39, 0.29) is 27.3 Å². The molecule has 2 heteroatoms. The number of fused-ring (bicyclic) bond motifs is 1. The van der Waals surface area contributed by atoms with E-state index in [1.165, 1.54) is 10.8 Å². The maximum Gasteiger partial charge on any atom is 0.0346 e. The Labute approximate surface area is 85.6 Å². The van der Waals surface area contributed by atoms with E-state index in [0.29, 0.717) is 0 Å². The molecule has 11 heavy (non-hydrogen) atoms. The average molecular weight is 336 g/mol. The van der Waals surface area contributed by atoms with Gasteiger partial charge >= 0.3 is 0 Å². The van der Waals surface area contributed by atoms with Gasteiger partial charge in [-0.05, 0) is 16.8 Å². The first-order valence-electron chi connectivity index (χ1n) is 3.25. The van der Waals surface area contributed by atoms with Gasteiger partial charge < -0.3 is 0 Å². The van der Waals surface area contributed by atoms with E-state index in [9.17, 15) is 0 Å². The first-order chi connectivity index (χ1) is 4.97. The number of pyridine rings is 1. The summed E-state index contributed by atoms with van der Waals surface area (Å²) in [6.07, 6.45) is 3.68. The summed E-state index contributed by atoms with van der Waals surface area (Å²) in [6, 6.07) is 10.2. The van der Waals surface area contributed by atoms with Gasteiger partial charge in [0.2, 0.25) is 0 Å². The smallest absolute Gasteiger partial charge is 0.0346 e. The van der Waals surface area contributed by atoms with Gasteiger partial charge in [-0.3, -0.25) is 4.98 Å². The number of nitrogens with zero attached hydrogens (tertiary/aromatic N) is 1. The van der Waals surface area contributed by atoms with Crippen molar-refractivity contribution in [3.05, 3.63) is 42.7 Å². The van der Waals surface area contributed by atoms with Crippen LogP contribution in [0.15, 0.2) is 42.7 Å². The summed E-state index contributed by atoms with van der Waals surface area (Å²) in [7, 11) is 0. The molecule has 0 aliphatic carbocycles. The van der Waals surface area contributed by atoms with Crippen molar-refractivity contribution in [1.82, 2.24) is 4.98 Å². The van der Waals surface area contributed by atoms with Gasteiger partial charge in [0.05, 0.1) is 0 Å². The molecule has 0 saturated carbocycles. The van der Waals surface area contributed by atoms with Crippen LogP contribution in [0.2, 0.25) is 0 Å². The molecule has 0 spiro atoms. The van der Waals surface area contributed by atoms with E-state index in [2.05, 4.69) is 17.1 Å². The maximum atomic E-state index is 4.01. The average Bonchev–Trinajstić information content (AvgIpc) is 2.05. The normalized spacial score (nSPS) is 9.09. The minimum absolute atomic E-state index is 0. The van der Waals surface area contributed by atoms with Gasteiger partial charge in [-0.2, -0.15) is 0 Å². The monoisotopic (exact) mass is 337 g/mol. The number of aromatic nitrogens is 1. The van der Waals surface area contributed by atoms with Crippen LogP contribution in [-0.4, -0.2) is 32.3 Å². The molecular formula is C9H7NPb. The summed E-state index contributed by atoms with van der Waals surface area (Å²) < 4.78 is 0. The van der Waals surface area contributed by atoms with Crippen molar-refractivity contribution >= 4 is 38.1 Å². The second-order valence-corrected chi connectivity index (χ2v) is 2.22. The molecule has 1 aromatic carbocycles. The Morgan fingerprint density at radius 1 is 0.909 bits per heavy atom. The fraction of sp³-hybridized carbons (Fsp3) is 0. The van der Waals surface area contributed by atoms with Crippen LogP contribution in [0.25, 0.3) is 10.8 Å². The molecule has 1 heterocycles. The largest absolute Gasteiger partial charge is 0.264 e. The molecule has 0 aliphatic heterocycles. The minimum atomic E-state index is 0. The van der Waals surface area contributed by atoms with Crippen LogP contribution in [0.1, 0.15) is 0 Å². The zero-order valence-electron chi connectivity index (χ0n) is 5.99. The quantitative estimate of drug-likeness (QED) is 0.669. The molecule has 1 aromatic heterocycles. The van der Waals surface area contributed by atoms with Crippen LogP contribution in [-0.2, 0) is 0 Å². The van der Waals surface area contributed by atoms with Crippen LogP contribution in [0, 0.1) is 0 Å². The van der Waals surface area contributed by atoms with E-state index in [1.54, 1.807) is 0 Å². The van der Waals surface area contributed by atoms with Gasteiger partial charge in [0, 0.05) is 39.7 Å². The Balaban J connectivity index is 0.000000605. The van der Waals surface area contributed by atoms with Crippen LogP contribution in [0.3, 0.4) is 0 Å². The van der Waals surface area contributed by atoms with E-state index < -0.39 is 0 Å². The standard InChI is InChI=1S/C9H7N.Pb/c1-2-4-9-7-10-6-5-8(9)3-1;/h1-7H;. The predicted molar refractivity (Wildman–Crippen MR) is 47.5 cm³/mol. The second kappa shape index (κ2) is 3.80. The first-order valence-corrected chi connectivity index (χ1v) is 3.25. The van der Waals surface area contributed by atoms with Crippen molar-refractivity contribution < 1.29 is 0 Å². The Morgan fingerprint density at radius 3 is 2.36 bits per heavy atom. The Morgan fingerprint density at radius 2 is 1.64 bits per heavy atom. The van der Waals surface area contributed by atoms with Crippen LogP contribution in [0.5, 0.6) is 0 Å². The van der Waals surface area contributed by atoms with Gasteiger partial charge in [0.25, 0.3) is 0 Å². The van der Waals surface area contributed by atoms with Crippen LogP contribution >= 0.6 is 0 Å². The molecule has 0 amide bonds. The van der Waals surface area contributed by atoms with Crippen molar-refractivity contribution in [3.63, 3.8) is 0 Å². The van der Waals surface area contributed by atoms with Crippen molar-refractivity contribution in [2.45, 2.75) is 0 Å². The van der Waals surface area contributed by atoms with Crippen molar-refractivity contribution in [1.29, 1.82) is 0 Å². The molecule has 0 fully saturated rings. The summed E-state index contributed by atoms with van der Waals surface area (Å²) in [5, 5.41) is 2.45. The van der Waals surface area contributed by atoms with Gasteiger partial charge in [-0.25, -0.2) is 0 Å². The molecule has 2 rings (SSSR count). The maximum absolute atomic E-state index is 4.01. The molecule has 4 radical (unpaired) electrons. The summed E-state index contributed by atoms with van der Waals surface area (Å²) in [5.41, 5.74) is 0. The van der Waals surface area contributed by atoms with Gasteiger partial charge in [-0.15, -0.1) is 0 Å². The fourth-order valence-corrected chi connectivity index (χ4v) is 1.03.